The van der Waals surface area contributed by atoms with Crippen molar-refractivity contribution in [3.05, 3.63) is 34.2 Å². The van der Waals surface area contributed by atoms with Gasteiger partial charge in [0.2, 0.25) is 0 Å². The van der Waals surface area contributed by atoms with Gasteiger partial charge in [-0.05, 0) is 37.9 Å². The van der Waals surface area contributed by atoms with Gasteiger partial charge in [-0.1, -0.05) is 13.8 Å². The Morgan fingerprint density at radius 1 is 1.15 bits per heavy atom. The molecule has 0 aromatic carbocycles. The molecule has 0 atom stereocenters. The SMILES string of the molecule is CCc1ccc(CNC(=O)C(=O)Nc2ccnn2C2CCN(CC)CC2)s1. The second-order valence-electron chi connectivity index (χ2n) is 6.68. The van der Waals surface area contributed by atoms with Crippen LogP contribution in [0.3, 0.4) is 0 Å². The predicted octanol–water partition coefficient (Wildman–Crippen LogP) is 2.42. The average molecular weight is 390 g/mol. The van der Waals surface area contributed by atoms with E-state index >= 15 is 0 Å². The number of rotatable bonds is 6. The number of hydrogen-bond acceptors (Lipinski definition) is 5. The highest BCUT2D eigenvalue weighted by Crippen LogP contribution is 2.25. The van der Waals surface area contributed by atoms with Crippen LogP contribution in [0.4, 0.5) is 5.82 Å². The van der Waals surface area contributed by atoms with Crippen LogP contribution < -0.4 is 10.6 Å². The van der Waals surface area contributed by atoms with Gasteiger partial charge in [-0.15, -0.1) is 11.3 Å². The Labute approximate surface area is 163 Å². The maximum absolute atomic E-state index is 12.3. The number of anilines is 1. The van der Waals surface area contributed by atoms with Crippen molar-refractivity contribution < 1.29 is 9.59 Å². The molecule has 2 amide bonds. The summed E-state index contributed by atoms with van der Waals surface area (Å²) in [6.45, 7) is 7.73. The van der Waals surface area contributed by atoms with Crippen LogP contribution >= 0.6 is 11.3 Å². The molecule has 1 saturated heterocycles. The first-order valence-corrected chi connectivity index (χ1v) is 10.3. The van der Waals surface area contributed by atoms with E-state index in [4.69, 9.17) is 0 Å². The zero-order chi connectivity index (χ0) is 19.2. The number of carbonyl (C=O) groups excluding carboxylic acids is 2. The number of thiophene rings is 1. The molecule has 2 aromatic rings. The highest BCUT2D eigenvalue weighted by molar-refractivity contribution is 7.11. The third-order valence-electron chi connectivity index (χ3n) is 4.96. The van der Waals surface area contributed by atoms with Gasteiger partial charge >= 0.3 is 11.8 Å². The van der Waals surface area contributed by atoms with E-state index in [2.05, 4.69) is 40.5 Å². The van der Waals surface area contributed by atoms with Crippen LogP contribution in [-0.2, 0) is 22.6 Å². The average Bonchev–Trinajstić information content (AvgIpc) is 3.35. The second kappa shape index (κ2) is 9.14. The maximum Gasteiger partial charge on any atom is 0.314 e. The van der Waals surface area contributed by atoms with Crippen LogP contribution in [-0.4, -0.2) is 46.1 Å². The molecule has 146 valence electrons. The highest BCUT2D eigenvalue weighted by Gasteiger charge is 2.23. The summed E-state index contributed by atoms with van der Waals surface area (Å²) in [5.41, 5.74) is 0. The largest absolute Gasteiger partial charge is 0.343 e. The van der Waals surface area contributed by atoms with Gasteiger partial charge in [0.25, 0.3) is 0 Å². The van der Waals surface area contributed by atoms with E-state index in [0.29, 0.717) is 12.4 Å². The number of nitrogens with zero attached hydrogens (tertiary/aromatic N) is 3. The third-order valence-corrected chi connectivity index (χ3v) is 6.19. The number of piperidine rings is 1. The number of aromatic nitrogens is 2. The summed E-state index contributed by atoms with van der Waals surface area (Å²) in [4.78, 5) is 29.1. The zero-order valence-electron chi connectivity index (χ0n) is 15.9. The summed E-state index contributed by atoms with van der Waals surface area (Å²) in [6.07, 6.45) is 4.61. The molecule has 0 spiro atoms. The monoisotopic (exact) mass is 389 g/mol. The minimum Gasteiger partial charge on any atom is -0.343 e. The van der Waals surface area contributed by atoms with Crippen LogP contribution in [0, 0.1) is 0 Å². The summed E-state index contributed by atoms with van der Waals surface area (Å²) in [7, 11) is 0. The smallest absolute Gasteiger partial charge is 0.314 e. The van der Waals surface area contributed by atoms with E-state index < -0.39 is 11.8 Å². The molecular weight excluding hydrogens is 362 g/mol. The first kappa shape index (κ1) is 19.6. The molecule has 0 bridgehead atoms. The fraction of sp³-hybridized carbons (Fsp3) is 0.526. The summed E-state index contributed by atoms with van der Waals surface area (Å²) in [5, 5.41) is 9.75. The normalized spacial score (nSPS) is 15.6. The number of nitrogens with one attached hydrogen (secondary N) is 2. The van der Waals surface area contributed by atoms with Crippen molar-refractivity contribution in [2.45, 2.75) is 45.7 Å². The molecule has 1 aliphatic rings. The molecule has 2 aromatic heterocycles. The van der Waals surface area contributed by atoms with Crippen molar-refractivity contribution in [2.24, 2.45) is 0 Å². The molecule has 0 saturated carbocycles. The fourth-order valence-electron chi connectivity index (χ4n) is 3.31. The molecule has 8 heteroatoms. The zero-order valence-corrected chi connectivity index (χ0v) is 16.7. The summed E-state index contributed by atoms with van der Waals surface area (Å²) >= 11 is 1.65. The van der Waals surface area contributed by atoms with Gasteiger partial charge in [-0.2, -0.15) is 5.10 Å². The molecule has 0 aliphatic carbocycles. The van der Waals surface area contributed by atoms with Gasteiger partial charge < -0.3 is 15.5 Å². The Hall–Kier alpha value is -2.19. The van der Waals surface area contributed by atoms with E-state index in [-0.39, 0.29) is 6.04 Å². The number of likely N-dealkylation sites (tertiary alicyclic amines) is 1. The number of amides is 2. The van der Waals surface area contributed by atoms with Crippen molar-refractivity contribution >= 4 is 29.0 Å². The van der Waals surface area contributed by atoms with Crippen LogP contribution in [0.2, 0.25) is 0 Å². The lowest BCUT2D eigenvalue weighted by Crippen LogP contribution is -2.37. The molecule has 0 radical (unpaired) electrons. The summed E-state index contributed by atoms with van der Waals surface area (Å²) in [5.74, 6) is -0.709. The Bertz CT molecular complexity index is 777. The van der Waals surface area contributed by atoms with E-state index in [1.807, 2.05) is 10.7 Å². The quantitative estimate of drug-likeness (QED) is 0.744. The lowest BCUT2D eigenvalue weighted by Gasteiger charge is -2.31. The molecule has 7 nitrogen and oxygen atoms in total. The highest BCUT2D eigenvalue weighted by atomic mass is 32.1. The van der Waals surface area contributed by atoms with Crippen molar-refractivity contribution in [3.8, 4) is 0 Å². The Kier molecular flexibility index (Phi) is 6.63. The van der Waals surface area contributed by atoms with Gasteiger partial charge in [-0.3, -0.25) is 9.59 Å². The molecule has 1 fully saturated rings. The van der Waals surface area contributed by atoms with Gasteiger partial charge in [0.1, 0.15) is 5.82 Å². The molecular formula is C19H27N5O2S. The van der Waals surface area contributed by atoms with Crippen LogP contribution in [0.5, 0.6) is 0 Å². The molecule has 27 heavy (non-hydrogen) atoms. The minimum atomic E-state index is -0.657. The summed E-state index contributed by atoms with van der Waals surface area (Å²) < 4.78 is 1.84. The first-order chi connectivity index (χ1) is 13.1. The van der Waals surface area contributed by atoms with Gasteiger partial charge in [0.15, 0.2) is 0 Å². The van der Waals surface area contributed by atoms with Crippen molar-refractivity contribution in [2.75, 3.05) is 25.0 Å². The van der Waals surface area contributed by atoms with Crippen LogP contribution in [0.25, 0.3) is 0 Å². The standard InChI is InChI=1S/C19H27N5O2S/c1-3-15-5-6-16(27-15)13-20-18(25)19(26)22-17-7-10-21-24(17)14-8-11-23(4-2)12-9-14/h5-7,10,14H,3-4,8-9,11-13H2,1-2H3,(H,20,25)(H,22,26). The van der Waals surface area contributed by atoms with Gasteiger partial charge in [0.05, 0.1) is 18.8 Å². The number of hydrogen-bond donors (Lipinski definition) is 2. The number of carbonyl (C=O) groups is 2. The summed E-state index contributed by atoms with van der Waals surface area (Å²) in [6, 6.07) is 6.03. The van der Waals surface area contributed by atoms with E-state index in [9.17, 15) is 9.59 Å². The van der Waals surface area contributed by atoms with Gasteiger partial charge in [0, 0.05) is 28.9 Å². The van der Waals surface area contributed by atoms with Crippen molar-refractivity contribution in [1.29, 1.82) is 0 Å². The molecule has 2 N–H and O–H groups in total. The Balaban J connectivity index is 1.53. The lowest BCUT2D eigenvalue weighted by molar-refractivity contribution is -0.136. The second-order valence-corrected chi connectivity index (χ2v) is 7.94. The fourth-order valence-corrected chi connectivity index (χ4v) is 4.21. The van der Waals surface area contributed by atoms with Crippen molar-refractivity contribution in [1.82, 2.24) is 20.0 Å². The Morgan fingerprint density at radius 2 is 1.89 bits per heavy atom. The predicted molar refractivity (Wildman–Crippen MR) is 107 cm³/mol. The van der Waals surface area contributed by atoms with E-state index in [1.54, 1.807) is 23.6 Å². The molecule has 0 unspecified atom stereocenters. The third kappa shape index (κ3) is 4.95. The van der Waals surface area contributed by atoms with E-state index in [0.717, 1.165) is 43.8 Å². The Morgan fingerprint density at radius 3 is 2.56 bits per heavy atom. The first-order valence-electron chi connectivity index (χ1n) is 9.53. The molecule has 1 aliphatic heterocycles. The topological polar surface area (TPSA) is 79.3 Å². The van der Waals surface area contributed by atoms with Gasteiger partial charge in [-0.25, -0.2) is 4.68 Å². The van der Waals surface area contributed by atoms with Crippen LogP contribution in [0.1, 0.15) is 42.5 Å². The maximum atomic E-state index is 12.3. The van der Waals surface area contributed by atoms with Crippen molar-refractivity contribution in [3.63, 3.8) is 0 Å². The van der Waals surface area contributed by atoms with E-state index in [1.165, 1.54) is 4.88 Å². The molecule has 3 heterocycles. The molecule has 3 rings (SSSR count). The minimum absolute atomic E-state index is 0.250. The van der Waals surface area contributed by atoms with Crippen LogP contribution in [0.15, 0.2) is 24.4 Å². The lowest BCUT2D eigenvalue weighted by atomic mass is 10.1. The number of aryl methyl sites for hydroxylation is 1.